The van der Waals surface area contributed by atoms with Gasteiger partial charge in [-0.1, -0.05) is 20.8 Å². The van der Waals surface area contributed by atoms with Crippen molar-refractivity contribution in [3.8, 4) is 0 Å². The highest BCUT2D eigenvalue weighted by Crippen LogP contribution is 2.42. The Morgan fingerprint density at radius 1 is 1.57 bits per heavy atom. The fourth-order valence-electron chi connectivity index (χ4n) is 2.46. The van der Waals surface area contributed by atoms with Gasteiger partial charge >= 0.3 is 6.09 Å². The number of hydrogen-bond acceptors (Lipinski definition) is 2. The van der Waals surface area contributed by atoms with Crippen LogP contribution >= 0.6 is 0 Å². The first-order chi connectivity index (χ1) is 6.35. The van der Waals surface area contributed by atoms with E-state index < -0.39 is 6.09 Å². The van der Waals surface area contributed by atoms with Gasteiger partial charge in [0.25, 0.3) is 0 Å². The summed E-state index contributed by atoms with van der Waals surface area (Å²) in [5, 5.41) is 9.11. The van der Waals surface area contributed by atoms with E-state index in [0.29, 0.717) is 13.1 Å². The van der Waals surface area contributed by atoms with E-state index in [1.54, 1.807) is 0 Å². The fraction of sp³-hybridized carbons (Fsp3) is 0.900. The van der Waals surface area contributed by atoms with Crippen LogP contribution in [0.3, 0.4) is 0 Å². The van der Waals surface area contributed by atoms with Gasteiger partial charge in [0.2, 0.25) is 0 Å². The number of hydrogen-bond donors (Lipinski definition) is 2. The van der Waals surface area contributed by atoms with Crippen molar-refractivity contribution < 1.29 is 9.90 Å². The first kappa shape index (κ1) is 11.3. The van der Waals surface area contributed by atoms with Gasteiger partial charge in [0.15, 0.2) is 0 Å². The van der Waals surface area contributed by atoms with Crippen molar-refractivity contribution in [3.63, 3.8) is 0 Å². The van der Waals surface area contributed by atoms with E-state index >= 15 is 0 Å². The minimum Gasteiger partial charge on any atom is -0.465 e. The third kappa shape index (κ3) is 1.47. The Bertz CT molecular complexity index is 235. The predicted octanol–water partition coefficient (Wildman–Crippen LogP) is 1.50. The maximum Gasteiger partial charge on any atom is 0.407 e. The maximum absolute atomic E-state index is 11.1. The Balaban J connectivity index is 3.04. The zero-order valence-corrected chi connectivity index (χ0v) is 9.21. The molecule has 0 radical (unpaired) electrons. The Labute approximate surface area is 85.1 Å². The van der Waals surface area contributed by atoms with E-state index in [1.165, 1.54) is 4.90 Å². The first-order valence-corrected chi connectivity index (χ1v) is 5.06. The molecule has 0 aliphatic carbocycles. The van der Waals surface area contributed by atoms with Gasteiger partial charge in [0.1, 0.15) is 0 Å². The average molecular weight is 200 g/mol. The van der Waals surface area contributed by atoms with Crippen LogP contribution < -0.4 is 5.73 Å². The van der Waals surface area contributed by atoms with Crippen LogP contribution in [0.15, 0.2) is 0 Å². The number of carboxylic acid groups (broad SMARTS) is 1. The molecular formula is C10H20N2O2. The Kier molecular flexibility index (Phi) is 2.76. The molecule has 0 saturated carbocycles. The van der Waals surface area contributed by atoms with Crippen LogP contribution in [0, 0.1) is 5.41 Å². The van der Waals surface area contributed by atoms with E-state index in [9.17, 15) is 4.79 Å². The first-order valence-electron chi connectivity index (χ1n) is 5.06. The van der Waals surface area contributed by atoms with Crippen LogP contribution in [0.1, 0.15) is 33.6 Å². The smallest absolute Gasteiger partial charge is 0.407 e. The van der Waals surface area contributed by atoms with Crippen LogP contribution in [-0.2, 0) is 0 Å². The summed E-state index contributed by atoms with van der Waals surface area (Å²) in [4.78, 5) is 12.6. The zero-order valence-electron chi connectivity index (χ0n) is 9.21. The quantitative estimate of drug-likeness (QED) is 0.674. The highest BCUT2D eigenvalue weighted by molar-refractivity contribution is 5.67. The molecule has 14 heavy (non-hydrogen) atoms. The number of nitrogens with two attached hydrogens (primary N) is 1. The molecule has 1 heterocycles. The molecule has 0 aromatic carbocycles. The molecule has 1 amide bonds. The van der Waals surface area contributed by atoms with Crippen molar-refractivity contribution in [3.05, 3.63) is 0 Å². The van der Waals surface area contributed by atoms with Crippen LogP contribution in [0.5, 0.6) is 0 Å². The molecule has 1 aliphatic rings. The largest absolute Gasteiger partial charge is 0.465 e. The normalized spacial score (nSPS) is 28.1. The fourth-order valence-corrected chi connectivity index (χ4v) is 2.46. The van der Waals surface area contributed by atoms with Gasteiger partial charge in [-0.3, -0.25) is 0 Å². The van der Waals surface area contributed by atoms with Crippen molar-refractivity contribution in [2.75, 3.05) is 13.1 Å². The Morgan fingerprint density at radius 3 is 2.43 bits per heavy atom. The summed E-state index contributed by atoms with van der Waals surface area (Å²) in [6.45, 7) is 7.19. The SMILES string of the molecule is CC(C)(C)[C@@]1(CN)CCCN1C(=O)O. The van der Waals surface area contributed by atoms with Crippen molar-refractivity contribution in [1.29, 1.82) is 0 Å². The minimum absolute atomic E-state index is 0.101. The minimum atomic E-state index is -0.845. The van der Waals surface area contributed by atoms with Gasteiger partial charge in [-0.2, -0.15) is 0 Å². The molecule has 0 aromatic rings. The second-order valence-electron chi connectivity index (χ2n) is 5.02. The van der Waals surface area contributed by atoms with Gasteiger partial charge in [-0.05, 0) is 18.3 Å². The van der Waals surface area contributed by atoms with Crippen molar-refractivity contribution in [2.24, 2.45) is 11.1 Å². The third-order valence-corrected chi connectivity index (χ3v) is 3.45. The standard InChI is InChI=1S/C10H20N2O2/c1-9(2,3)10(7-11)5-4-6-12(10)8(13)14/h4-7,11H2,1-3H3,(H,13,14)/t10-/m0/s1. The summed E-state index contributed by atoms with van der Waals surface area (Å²) in [6.07, 6.45) is 0.947. The third-order valence-electron chi connectivity index (χ3n) is 3.45. The summed E-state index contributed by atoms with van der Waals surface area (Å²) in [6, 6.07) is 0. The Morgan fingerprint density at radius 2 is 2.14 bits per heavy atom. The van der Waals surface area contributed by atoms with E-state index in [-0.39, 0.29) is 11.0 Å². The zero-order chi connectivity index (χ0) is 11.0. The molecule has 1 atom stereocenters. The molecule has 4 heteroatoms. The van der Waals surface area contributed by atoms with Crippen LogP contribution in [0.2, 0.25) is 0 Å². The van der Waals surface area contributed by atoms with E-state index in [1.807, 2.05) is 0 Å². The Hall–Kier alpha value is -0.770. The highest BCUT2D eigenvalue weighted by Gasteiger charge is 2.50. The summed E-state index contributed by atoms with van der Waals surface area (Å²) < 4.78 is 0. The number of rotatable bonds is 1. The molecule has 1 rings (SSSR count). The van der Waals surface area contributed by atoms with Crippen LogP contribution in [0.4, 0.5) is 4.79 Å². The molecule has 0 unspecified atom stereocenters. The van der Waals surface area contributed by atoms with Gasteiger partial charge in [0.05, 0.1) is 5.54 Å². The summed E-state index contributed by atoms with van der Waals surface area (Å²) in [5.41, 5.74) is 5.30. The molecule has 0 bridgehead atoms. The lowest BCUT2D eigenvalue weighted by atomic mass is 9.72. The second kappa shape index (κ2) is 3.42. The second-order valence-corrected chi connectivity index (χ2v) is 5.02. The summed E-state index contributed by atoms with van der Waals surface area (Å²) in [5.74, 6) is 0. The average Bonchev–Trinajstić information content (AvgIpc) is 2.46. The lowest BCUT2D eigenvalue weighted by Gasteiger charge is -2.46. The van der Waals surface area contributed by atoms with Gasteiger partial charge in [0, 0.05) is 13.1 Å². The molecule has 0 spiro atoms. The number of likely N-dealkylation sites (tertiary alicyclic amines) is 1. The van der Waals surface area contributed by atoms with E-state index in [0.717, 1.165) is 12.8 Å². The molecule has 3 N–H and O–H groups in total. The molecule has 1 aliphatic heterocycles. The van der Waals surface area contributed by atoms with Crippen LogP contribution in [0.25, 0.3) is 0 Å². The van der Waals surface area contributed by atoms with Crippen molar-refractivity contribution >= 4 is 6.09 Å². The van der Waals surface area contributed by atoms with Crippen LogP contribution in [-0.4, -0.2) is 34.7 Å². The topological polar surface area (TPSA) is 66.6 Å². The lowest BCUT2D eigenvalue weighted by Crippen LogP contribution is -2.59. The number of nitrogens with zero attached hydrogens (tertiary/aromatic N) is 1. The number of carbonyl (C=O) groups is 1. The predicted molar refractivity (Wildman–Crippen MR) is 55.2 cm³/mol. The van der Waals surface area contributed by atoms with Gasteiger partial charge < -0.3 is 15.7 Å². The van der Waals surface area contributed by atoms with E-state index in [2.05, 4.69) is 20.8 Å². The molecule has 1 saturated heterocycles. The molecule has 1 fully saturated rings. The van der Waals surface area contributed by atoms with Gasteiger partial charge in [-0.25, -0.2) is 4.79 Å². The lowest BCUT2D eigenvalue weighted by molar-refractivity contribution is 0.0370. The highest BCUT2D eigenvalue weighted by atomic mass is 16.4. The number of amides is 1. The van der Waals surface area contributed by atoms with Crippen molar-refractivity contribution in [1.82, 2.24) is 4.90 Å². The monoisotopic (exact) mass is 200 g/mol. The molecule has 82 valence electrons. The maximum atomic E-state index is 11.1. The molecular weight excluding hydrogens is 180 g/mol. The van der Waals surface area contributed by atoms with Gasteiger partial charge in [-0.15, -0.1) is 0 Å². The summed E-state index contributed by atoms with van der Waals surface area (Å²) >= 11 is 0. The molecule has 0 aromatic heterocycles. The van der Waals surface area contributed by atoms with E-state index in [4.69, 9.17) is 10.8 Å². The van der Waals surface area contributed by atoms with Crippen molar-refractivity contribution in [2.45, 2.75) is 39.2 Å². The molecule has 4 nitrogen and oxygen atoms in total. The summed E-state index contributed by atoms with van der Waals surface area (Å²) in [7, 11) is 0.